The molecule has 1 heterocycles. The van der Waals surface area contributed by atoms with E-state index in [1.807, 2.05) is 11.8 Å². The van der Waals surface area contributed by atoms with Crippen LogP contribution >= 0.6 is 0 Å². The number of alkyl halides is 3. The molecule has 32 heavy (non-hydrogen) atoms. The molecule has 2 aromatic rings. The van der Waals surface area contributed by atoms with Gasteiger partial charge in [0, 0.05) is 31.7 Å². The largest absolute Gasteiger partial charge is 0.416 e. The Morgan fingerprint density at radius 1 is 1.03 bits per heavy atom. The Balaban J connectivity index is 1.68. The first-order valence-corrected chi connectivity index (χ1v) is 10.2. The molecule has 0 aliphatic carbocycles. The zero-order valence-corrected chi connectivity index (χ0v) is 17.6. The monoisotopic (exact) mass is 450 g/mol. The summed E-state index contributed by atoms with van der Waals surface area (Å²) < 4.78 is 44.9. The van der Waals surface area contributed by atoms with Gasteiger partial charge in [0.1, 0.15) is 0 Å². The molecule has 0 radical (unpaired) electrons. The smallest absolute Gasteiger partial charge is 0.378 e. The number of benzene rings is 2. The van der Waals surface area contributed by atoms with Crippen molar-refractivity contribution in [2.75, 3.05) is 43.1 Å². The van der Waals surface area contributed by atoms with E-state index >= 15 is 0 Å². The van der Waals surface area contributed by atoms with Gasteiger partial charge in [-0.2, -0.15) is 13.2 Å². The highest BCUT2D eigenvalue weighted by atomic mass is 19.4. The number of nitrogens with one attached hydrogen (secondary N) is 3. The first kappa shape index (κ1) is 23.4. The van der Waals surface area contributed by atoms with Gasteiger partial charge in [-0.25, -0.2) is 4.79 Å². The van der Waals surface area contributed by atoms with Crippen molar-refractivity contribution in [1.82, 2.24) is 10.6 Å². The van der Waals surface area contributed by atoms with Crippen LogP contribution in [0.5, 0.6) is 0 Å². The van der Waals surface area contributed by atoms with E-state index in [2.05, 4.69) is 16.0 Å². The molecule has 0 saturated carbocycles. The molecule has 2 aromatic carbocycles. The first-order chi connectivity index (χ1) is 15.3. The zero-order chi connectivity index (χ0) is 23.1. The van der Waals surface area contributed by atoms with Crippen molar-refractivity contribution in [3.8, 4) is 0 Å². The maximum atomic E-state index is 13.2. The lowest BCUT2D eigenvalue weighted by atomic mass is 10.1. The molecule has 0 spiro atoms. The predicted octanol–water partition coefficient (Wildman–Crippen LogP) is 3.61. The summed E-state index contributed by atoms with van der Waals surface area (Å²) in [6, 6.07) is 9.36. The summed E-state index contributed by atoms with van der Waals surface area (Å²) in [6.45, 7) is 4.43. The second-order valence-electron chi connectivity index (χ2n) is 7.19. The molecular weight excluding hydrogens is 425 g/mol. The highest BCUT2D eigenvalue weighted by molar-refractivity contribution is 5.94. The fourth-order valence-corrected chi connectivity index (χ4v) is 3.28. The standard InChI is InChI=1S/C22H25F3N4O3/c1-2-26-20(30)16-5-3-15(4-6-16)14-27-21(31)28-18-13-17(22(23,24)25)7-8-19(18)29-9-11-32-12-10-29/h3-8,13H,2,9-12,14H2,1H3,(H,26,30)(H2,27,28,31). The minimum atomic E-state index is -4.53. The minimum absolute atomic E-state index is 0.0748. The Hall–Kier alpha value is -3.27. The summed E-state index contributed by atoms with van der Waals surface area (Å²) in [5, 5.41) is 7.87. The van der Waals surface area contributed by atoms with Crippen LogP contribution in [0.1, 0.15) is 28.4 Å². The summed E-state index contributed by atoms with van der Waals surface area (Å²) in [6.07, 6.45) is -4.53. The van der Waals surface area contributed by atoms with Gasteiger partial charge in [0.25, 0.3) is 5.91 Å². The van der Waals surface area contributed by atoms with Crippen LogP contribution in [0.4, 0.5) is 29.3 Å². The van der Waals surface area contributed by atoms with Crippen LogP contribution in [0.2, 0.25) is 0 Å². The lowest BCUT2D eigenvalue weighted by Crippen LogP contribution is -2.37. The zero-order valence-electron chi connectivity index (χ0n) is 17.6. The fraction of sp³-hybridized carbons (Fsp3) is 0.364. The Morgan fingerprint density at radius 2 is 1.72 bits per heavy atom. The second kappa shape index (κ2) is 10.4. The lowest BCUT2D eigenvalue weighted by molar-refractivity contribution is -0.137. The highest BCUT2D eigenvalue weighted by Gasteiger charge is 2.32. The van der Waals surface area contributed by atoms with Crippen molar-refractivity contribution in [3.05, 3.63) is 59.2 Å². The number of ether oxygens (including phenoxy) is 1. The van der Waals surface area contributed by atoms with Crippen LogP contribution in [0, 0.1) is 0 Å². The molecule has 0 unspecified atom stereocenters. The Bertz CT molecular complexity index is 942. The topological polar surface area (TPSA) is 82.7 Å². The Labute approximate surface area is 183 Å². The van der Waals surface area contributed by atoms with Crippen molar-refractivity contribution in [1.29, 1.82) is 0 Å². The molecular formula is C22H25F3N4O3. The van der Waals surface area contributed by atoms with Crippen LogP contribution in [0.15, 0.2) is 42.5 Å². The van der Waals surface area contributed by atoms with Gasteiger partial charge in [-0.15, -0.1) is 0 Å². The Morgan fingerprint density at radius 3 is 2.34 bits per heavy atom. The van der Waals surface area contributed by atoms with Gasteiger partial charge >= 0.3 is 12.2 Å². The summed E-state index contributed by atoms with van der Waals surface area (Å²) in [7, 11) is 0. The molecule has 172 valence electrons. The van der Waals surface area contributed by atoms with Gasteiger partial charge in [0.15, 0.2) is 0 Å². The van der Waals surface area contributed by atoms with Crippen LogP contribution < -0.4 is 20.9 Å². The van der Waals surface area contributed by atoms with E-state index in [-0.39, 0.29) is 18.1 Å². The SMILES string of the molecule is CCNC(=O)c1ccc(CNC(=O)Nc2cc(C(F)(F)F)ccc2N2CCOCC2)cc1. The third-order valence-electron chi connectivity index (χ3n) is 4.93. The fourth-order valence-electron chi connectivity index (χ4n) is 3.28. The van der Waals surface area contributed by atoms with Crippen molar-refractivity contribution in [2.45, 2.75) is 19.6 Å². The average molecular weight is 450 g/mol. The van der Waals surface area contributed by atoms with E-state index in [0.29, 0.717) is 44.1 Å². The van der Waals surface area contributed by atoms with Gasteiger partial charge in [-0.3, -0.25) is 4.79 Å². The number of carbonyl (C=O) groups excluding carboxylic acids is 2. The van der Waals surface area contributed by atoms with Gasteiger partial charge in [0.05, 0.1) is 30.2 Å². The molecule has 1 aliphatic rings. The molecule has 3 N–H and O–H groups in total. The van der Waals surface area contributed by atoms with Gasteiger partial charge in [0.2, 0.25) is 0 Å². The number of urea groups is 1. The predicted molar refractivity (Wildman–Crippen MR) is 115 cm³/mol. The third kappa shape index (κ3) is 6.13. The molecule has 0 aromatic heterocycles. The lowest BCUT2D eigenvalue weighted by Gasteiger charge is -2.31. The van der Waals surface area contributed by atoms with E-state index in [0.717, 1.165) is 17.7 Å². The van der Waals surface area contributed by atoms with E-state index in [4.69, 9.17) is 4.74 Å². The summed E-state index contributed by atoms with van der Waals surface area (Å²) in [5.41, 5.74) is 0.976. The highest BCUT2D eigenvalue weighted by Crippen LogP contribution is 2.35. The van der Waals surface area contributed by atoms with E-state index in [1.54, 1.807) is 24.3 Å². The maximum Gasteiger partial charge on any atom is 0.416 e. The minimum Gasteiger partial charge on any atom is -0.378 e. The molecule has 1 aliphatic heterocycles. The van der Waals surface area contributed by atoms with Gasteiger partial charge in [-0.1, -0.05) is 12.1 Å². The van der Waals surface area contributed by atoms with Gasteiger partial charge < -0.3 is 25.6 Å². The summed E-state index contributed by atoms with van der Waals surface area (Å²) >= 11 is 0. The van der Waals surface area contributed by atoms with E-state index < -0.39 is 17.8 Å². The number of hydrogen-bond acceptors (Lipinski definition) is 4. The number of rotatable bonds is 6. The average Bonchev–Trinajstić information content (AvgIpc) is 2.78. The number of morpholine rings is 1. The van der Waals surface area contributed by atoms with E-state index in [9.17, 15) is 22.8 Å². The number of amides is 3. The Kier molecular flexibility index (Phi) is 7.57. The number of nitrogens with zero attached hydrogens (tertiary/aromatic N) is 1. The molecule has 3 amide bonds. The van der Waals surface area contributed by atoms with E-state index in [1.165, 1.54) is 6.07 Å². The molecule has 0 bridgehead atoms. The van der Waals surface area contributed by atoms with Crippen LogP contribution in [-0.4, -0.2) is 44.8 Å². The number of hydrogen-bond donors (Lipinski definition) is 3. The summed E-state index contributed by atoms with van der Waals surface area (Å²) in [5.74, 6) is -0.190. The maximum absolute atomic E-state index is 13.2. The van der Waals surface area contributed by atoms with Gasteiger partial charge in [-0.05, 0) is 42.8 Å². The van der Waals surface area contributed by atoms with Crippen LogP contribution in [0.25, 0.3) is 0 Å². The molecule has 10 heteroatoms. The molecule has 3 rings (SSSR count). The first-order valence-electron chi connectivity index (χ1n) is 10.2. The molecule has 1 fully saturated rings. The molecule has 1 saturated heterocycles. The van der Waals surface area contributed by atoms with Crippen molar-refractivity contribution in [3.63, 3.8) is 0 Å². The van der Waals surface area contributed by atoms with Crippen LogP contribution in [0.3, 0.4) is 0 Å². The summed E-state index contributed by atoms with van der Waals surface area (Å²) in [4.78, 5) is 26.1. The van der Waals surface area contributed by atoms with Crippen molar-refractivity contribution < 1.29 is 27.5 Å². The normalized spacial score (nSPS) is 14.1. The molecule has 0 atom stereocenters. The second-order valence-corrected chi connectivity index (χ2v) is 7.19. The quantitative estimate of drug-likeness (QED) is 0.628. The number of halogens is 3. The molecule has 7 nitrogen and oxygen atoms in total. The van der Waals surface area contributed by atoms with Crippen molar-refractivity contribution in [2.24, 2.45) is 0 Å². The van der Waals surface area contributed by atoms with Crippen LogP contribution in [-0.2, 0) is 17.5 Å². The number of anilines is 2. The number of carbonyl (C=O) groups is 2. The van der Waals surface area contributed by atoms with Crippen molar-refractivity contribution >= 4 is 23.3 Å². The third-order valence-corrected chi connectivity index (χ3v) is 4.93.